The Balaban J connectivity index is 0.00000169. The van der Waals surface area contributed by atoms with Crippen LogP contribution < -0.4 is 3.26 Å². The van der Waals surface area contributed by atoms with Crippen LogP contribution in [0.5, 0.6) is 0 Å². The number of allylic oxidation sites excluding steroid dienone is 5. The fraction of sp³-hybridized carbons (Fsp3) is 0.400. The van der Waals surface area contributed by atoms with Crippen LogP contribution >= 0.6 is 40.7 Å². The van der Waals surface area contributed by atoms with Gasteiger partial charge in [-0.3, -0.25) is 0 Å². The smallest absolute Gasteiger partial charge is 0.147 e. The summed E-state index contributed by atoms with van der Waals surface area (Å²) in [4.78, 5) is 0.296. The van der Waals surface area contributed by atoms with Crippen molar-refractivity contribution < 1.29 is 17.7 Å². The Labute approximate surface area is 182 Å². The van der Waals surface area contributed by atoms with Crippen molar-refractivity contribution in [2.75, 3.05) is 0 Å². The van der Waals surface area contributed by atoms with Crippen LogP contribution in [0.15, 0.2) is 50.3 Å². The minimum Gasteiger partial charge on any atom is -0.147 e. The zero-order valence-corrected chi connectivity index (χ0v) is 23.5. The fourth-order valence-electron chi connectivity index (χ4n) is 4.63. The van der Waals surface area contributed by atoms with E-state index in [1.165, 1.54) is 27.8 Å². The standard InChI is InChI=1S/C14H10Br.C4H10N.2CH3.2ClH.H2Si.Zr/c1-9-6-11-8-10-4-2-3-5-12(10)14(15)13(11)7-9;1-4(2,3)5;;;;;;/h2-5,7-8,14H,1H3;5H,1-3H3;2*1H3;2*1H;1H2;/q;-1;;;;;;+1. The van der Waals surface area contributed by atoms with Gasteiger partial charge in [-0.1, -0.05) is 0 Å². The van der Waals surface area contributed by atoms with Gasteiger partial charge in [0, 0.05) is 0 Å². The Morgan fingerprint density at radius 2 is 1.65 bits per heavy atom. The molecular formula is C20H30BrCl2NSiZr. The van der Waals surface area contributed by atoms with E-state index >= 15 is 0 Å². The number of rotatable bonds is 2. The summed E-state index contributed by atoms with van der Waals surface area (Å²) in [5, 5.41) is 0. The molecule has 0 spiro atoms. The third-order valence-electron chi connectivity index (χ3n) is 4.77. The molecule has 6 heteroatoms. The van der Waals surface area contributed by atoms with Gasteiger partial charge >= 0.3 is 159 Å². The number of benzene rings is 1. The van der Waals surface area contributed by atoms with Crippen LogP contribution in [0.2, 0.25) is 9.26 Å². The second-order valence-electron chi connectivity index (χ2n) is 9.27. The summed E-state index contributed by atoms with van der Waals surface area (Å²) in [5.41, 5.74) is 7.22. The van der Waals surface area contributed by atoms with Gasteiger partial charge in [0.2, 0.25) is 0 Å². The summed E-state index contributed by atoms with van der Waals surface area (Å²) >= 11 is 0.739. The van der Waals surface area contributed by atoms with E-state index in [0.29, 0.717) is 4.83 Å². The summed E-state index contributed by atoms with van der Waals surface area (Å²) in [6.45, 7) is 11.4. The molecule has 3 rings (SSSR count). The second-order valence-corrected chi connectivity index (χ2v) is 37.8. The predicted molar refractivity (Wildman–Crippen MR) is 125 cm³/mol. The van der Waals surface area contributed by atoms with Crippen LogP contribution in [-0.2, 0) is 17.7 Å². The number of hydrogen-bond acceptors (Lipinski definition) is 1. The normalized spacial score (nSPS) is 19.6. The van der Waals surface area contributed by atoms with Crippen LogP contribution in [-0.4, -0.2) is 12.4 Å². The number of halogens is 3. The van der Waals surface area contributed by atoms with Crippen LogP contribution in [0.1, 0.15) is 43.6 Å². The molecule has 2 aliphatic rings. The monoisotopic (exact) mass is 551 g/mol. The van der Waals surface area contributed by atoms with Crippen molar-refractivity contribution in [3.8, 4) is 0 Å². The first-order chi connectivity index (χ1) is 10.9. The molecule has 0 heterocycles. The first-order valence-electron chi connectivity index (χ1n) is 8.63. The van der Waals surface area contributed by atoms with Crippen LogP contribution in [0, 0.1) is 0 Å². The minimum atomic E-state index is -3.23. The maximum Gasteiger partial charge on any atom is -0.147 e. The first-order valence-corrected chi connectivity index (χ1v) is 22.8. The molecule has 0 bridgehead atoms. The van der Waals surface area contributed by atoms with Gasteiger partial charge in [-0.2, -0.15) is 0 Å². The van der Waals surface area contributed by atoms with Crippen LogP contribution in [0.25, 0.3) is 6.08 Å². The topological polar surface area (TPSA) is 12.0 Å². The molecule has 0 radical (unpaired) electrons. The van der Waals surface area contributed by atoms with E-state index < -0.39 is 17.7 Å². The van der Waals surface area contributed by atoms with E-state index in [1.807, 2.05) is 0 Å². The molecule has 144 valence electrons. The molecule has 0 fully saturated rings. The van der Waals surface area contributed by atoms with E-state index in [2.05, 4.69) is 99.4 Å². The Morgan fingerprint density at radius 3 is 2.23 bits per heavy atom. The number of hydrogen-bond donors (Lipinski definition) is 1. The van der Waals surface area contributed by atoms with Gasteiger partial charge in [-0.15, -0.1) is 24.8 Å². The molecule has 26 heavy (non-hydrogen) atoms. The van der Waals surface area contributed by atoms with Crippen molar-refractivity contribution in [2.24, 2.45) is 0 Å². The van der Waals surface area contributed by atoms with E-state index in [9.17, 15) is 0 Å². The van der Waals surface area contributed by atoms with Crippen molar-refractivity contribution in [1.29, 1.82) is 0 Å². The molecule has 1 nitrogen and oxygen atoms in total. The molecular weight excluding hydrogens is 524 g/mol. The van der Waals surface area contributed by atoms with Crippen molar-refractivity contribution in [3.05, 3.63) is 61.5 Å². The summed E-state index contributed by atoms with van der Waals surface area (Å²) < 4.78 is 10.8. The van der Waals surface area contributed by atoms with E-state index in [1.54, 1.807) is 3.28 Å². The van der Waals surface area contributed by atoms with Crippen molar-refractivity contribution in [1.82, 2.24) is 3.26 Å². The van der Waals surface area contributed by atoms with Crippen LogP contribution in [0.4, 0.5) is 0 Å². The molecule has 0 amide bonds. The Bertz CT molecular complexity index is 887. The Morgan fingerprint density at radius 1 is 1.08 bits per heavy atom. The molecule has 2 aliphatic carbocycles. The van der Waals surface area contributed by atoms with Gasteiger partial charge < -0.3 is 0 Å². The van der Waals surface area contributed by atoms with Gasteiger partial charge in [0.25, 0.3) is 0 Å². The molecule has 0 aliphatic heterocycles. The van der Waals surface area contributed by atoms with Gasteiger partial charge in [-0.25, -0.2) is 0 Å². The van der Waals surface area contributed by atoms with E-state index in [4.69, 9.17) is 0 Å². The number of nitrogens with one attached hydrogen (secondary N) is 1. The summed E-state index contributed by atoms with van der Waals surface area (Å²) in [6.07, 6.45) is 4.83. The average Bonchev–Trinajstić information content (AvgIpc) is 2.73. The molecule has 0 saturated heterocycles. The van der Waals surface area contributed by atoms with E-state index in [-0.39, 0.29) is 30.4 Å². The summed E-state index contributed by atoms with van der Waals surface area (Å²) in [5.74, 6) is 0. The Kier molecular flexibility index (Phi) is 7.35. The SMILES string of the molecule is CC1=[C]([Zr]([CH3])([CH3])(=[SiH2])[NH]C(C)(C)C)C2=Cc3ccccc3C(Br)C2=C1.Cl.Cl. The van der Waals surface area contributed by atoms with Gasteiger partial charge in [-0.05, 0) is 0 Å². The third kappa shape index (κ3) is 4.58. The molecule has 1 unspecified atom stereocenters. The summed E-state index contributed by atoms with van der Waals surface area (Å²) in [6, 6.07) is 8.75. The largest absolute Gasteiger partial charge is 0.147 e. The van der Waals surface area contributed by atoms with Crippen LogP contribution in [0.3, 0.4) is 0 Å². The van der Waals surface area contributed by atoms with Crippen molar-refractivity contribution in [2.45, 2.75) is 47.3 Å². The first kappa shape index (κ1) is 24.6. The molecule has 1 N–H and O–H groups in total. The van der Waals surface area contributed by atoms with Crippen molar-refractivity contribution in [3.63, 3.8) is 0 Å². The molecule has 0 saturated carbocycles. The third-order valence-corrected chi connectivity index (χ3v) is 18.3. The molecule has 0 aromatic heterocycles. The van der Waals surface area contributed by atoms with Gasteiger partial charge in [0.1, 0.15) is 0 Å². The zero-order valence-electron chi connectivity index (χ0n) is 16.4. The minimum absolute atomic E-state index is 0. The molecule has 1 atom stereocenters. The molecule has 1 aromatic rings. The predicted octanol–water partition coefficient (Wildman–Crippen LogP) is 6.21. The Hall–Kier alpha value is 0.560. The van der Waals surface area contributed by atoms with E-state index in [0.717, 1.165) is 0 Å². The van der Waals surface area contributed by atoms with Crippen molar-refractivity contribution >= 4 is 53.7 Å². The number of alkyl halides is 1. The second kappa shape index (κ2) is 7.76. The quantitative estimate of drug-likeness (QED) is 0.339. The zero-order chi connectivity index (χ0) is 17.9. The van der Waals surface area contributed by atoms with Gasteiger partial charge in [0.15, 0.2) is 0 Å². The fourth-order valence-corrected chi connectivity index (χ4v) is 23.5. The molecule has 1 aromatic carbocycles. The summed E-state index contributed by atoms with van der Waals surface area (Å²) in [7, 11) is 0. The van der Waals surface area contributed by atoms with Gasteiger partial charge in [0.05, 0.1) is 0 Å². The number of fused-ring (bicyclic) bond motifs is 2. The average molecular weight is 555 g/mol. The maximum absolute atomic E-state index is 4.09. The maximum atomic E-state index is 4.09.